The van der Waals surface area contributed by atoms with Gasteiger partial charge >= 0.3 is 0 Å². The van der Waals surface area contributed by atoms with Crippen LogP contribution in [0.15, 0.2) is 109 Å². The van der Waals surface area contributed by atoms with Gasteiger partial charge in [0.25, 0.3) is 35.4 Å². The summed E-state index contributed by atoms with van der Waals surface area (Å²) in [6.45, 7) is 14.4. The number of benzene rings is 3. The molecule has 0 atom stereocenters. The van der Waals surface area contributed by atoms with Crippen LogP contribution in [0.2, 0.25) is 0 Å². The molecule has 15 nitrogen and oxygen atoms in total. The van der Waals surface area contributed by atoms with E-state index >= 15 is 0 Å². The largest absolute Gasteiger partial charge is 0.338 e. The molecule has 3 N–H and O–H groups in total. The maximum Gasteiger partial charge on any atom is 0.274 e. The van der Waals surface area contributed by atoms with Crippen LogP contribution in [0, 0.1) is 0 Å². The monoisotopic (exact) mass is 911 g/mol. The maximum absolute atomic E-state index is 13.8. The molecule has 346 valence electrons. The third-order valence-electron chi connectivity index (χ3n) is 12.7. The highest BCUT2D eigenvalue weighted by molar-refractivity contribution is 6.06. The Morgan fingerprint density at radius 2 is 0.618 bits per heavy atom. The second-order valence-electron chi connectivity index (χ2n) is 16.4. The highest BCUT2D eigenvalue weighted by atomic mass is 16.2. The van der Waals surface area contributed by atoms with E-state index < -0.39 is 23.6 Å². The van der Waals surface area contributed by atoms with Crippen LogP contribution in [0.1, 0.15) is 150 Å². The highest BCUT2D eigenvalue weighted by Crippen LogP contribution is 2.57. The van der Waals surface area contributed by atoms with Crippen LogP contribution in [0.25, 0.3) is 0 Å². The van der Waals surface area contributed by atoms with Gasteiger partial charge in [-0.25, -0.2) is 15.0 Å². The summed E-state index contributed by atoms with van der Waals surface area (Å²) >= 11 is 0. The molecule has 3 aromatic heterocycles. The van der Waals surface area contributed by atoms with Gasteiger partial charge in [-0.1, -0.05) is 36.4 Å². The van der Waals surface area contributed by atoms with Crippen molar-refractivity contribution in [3.63, 3.8) is 0 Å². The second-order valence-corrected chi connectivity index (χ2v) is 16.4. The van der Waals surface area contributed by atoms with Gasteiger partial charge in [-0.05, 0) is 148 Å². The standard InChI is InChI=1S/C53H53N9O6/c1-7-60(8-2)51(66)43-19-13-16-40(57-43)48(63)54-31-22-25-34-37(28-31)47-38-29-32(55-49(64)41-17-14-20-44(58-41)52(67)61(9-3)10-4)23-26-35(38)46(34)36-27-24-33(30-39(36)47)56-50(65)42-18-15-21-45(59-42)53(68)62(11-5)12-6/h13-30,46-47H,7-12H2,1-6H3,(H,54,63)(H,55,64)(H,56,65). The molecule has 6 amide bonds. The van der Waals surface area contributed by atoms with Crippen LogP contribution >= 0.6 is 0 Å². The van der Waals surface area contributed by atoms with E-state index in [-0.39, 0.29) is 57.8 Å². The minimum absolute atomic E-state index is 0.0913. The Hall–Kier alpha value is -8.07. The Labute approximate surface area is 395 Å². The van der Waals surface area contributed by atoms with Crippen LogP contribution in [0.5, 0.6) is 0 Å². The van der Waals surface area contributed by atoms with E-state index in [1.165, 1.54) is 0 Å². The predicted octanol–water partition coefficient (Wildman–Crippen LogP) is 8.06. The summed E-state index contributed by atoms with van der Waals surface area (Å²) in [5, 5.41) is 8.99. The number of hydrogen-bond acceptors (Lipinski definition) is 9. The second kappa shape index (κ2) is 19.8. The quantitative estimate of drug-likeness (QED) is 0.0915. The number of pyridine rings is 3. The van der Waals surface area contributed by atoms with E-state index in [1.54, 1.807) is 69.3 Å². The molecular formula is C53H53N9O6. The third kappa shape index (κ3) is 8.94. The molecule has 3 aliphatic rings. The first-order valence-corrected chi connectivity index (χ1v) is 23.1. The van der Waals surface area contributed by atoms with E-state index in [0.717, 1.165) is 33.4 Å². The molecule has 3 aromatic carbocycles. The first kappa shape index (κ1) is 46.5. The molecular weight excluding hydrogens is 859 g/mol. The van der Waals surface area contributed by atoms with Crippen LogP contribution in [-0.4, -0.2) is 104 Å². The van der Waals surface area contributed by atoms with Crippen LogP contribution < -0.4 is 16.0 Å². The summed E-state index contributed by atoms with van der Waals surface area (Å²) in [5.74, 6) is -2.89. The molecule has 68 heavy (non-hydrogen) atoms. The van der Waals surface area contributed by atoms with Crippen molar-refractivity contribution in [2.24, 2.45) is 0 Å². The van der Waals surface area contributed by atoms with Crippen LogP contribution in [-0.2, 0) is 0 Å². The van der Waals surface area contributed by atoms with E-state index in [0.29, 0.717) is 56.3 Å². The number of hydrogen-bond donors (Lipinski definition) is 3. The minimum Gasteiger partial charge on any atom is -0.338 e. The lowest BCUT2D eigenvalue weighted by atomic mass is 9.61. The Bertz CT molecular complexity index is 2660. The van der Waals surface area contributed by atoms with Gasteiger partial charge in [-0.3, -0.25) is 28.8 Å². The van der Waals surface area contributed by atoms with Gasteiger partial charge in [0.2, 0.25) is 0 Å². The van der Waals surface area contributed by atoms with Gasteiger partial charge in [0.05, 0.1) is 0 Å². The topological polar surface area (TPSA) is 187 Å². The van der Waals surface area contributed by atoms with Crippen molar-refractivity contribution >= 4 is 52.5 Å². The number of carbonyl (C=O) groups is 6. The summed E-state index contributed by atoms with van der Waals surface area (Å²) in [4.78, 5) is 98.8. The average Bonchev–Trinajstić information content (AvgIpc) is 3.37. The fraction of sp³-hybridized carbons (Fsp3) is 0.264. The van der Waals surface area contributed by atoms with Gasteiger partial charge in [0.15, 0.2) is 0 Å². The molecule has 0 aliphatic heterocycles. The third-order valence-corrected chi connectivity index (χ3v) is 12.7. The van der Waals surface area contributed by atoms with Gasteiger partial charge in [0.1, 0.15) is 34.2 Å². The molecule has 9 rings (SSSR count). The average molecular weight is 912 g/mol. The molecule has 0 spiro atoms. The zero-order valence-electron chi connectivity index (χ0n) is 38.9. The lowest BCUT2D eigenvalue weighted by Gasteiger charge is -2.42. The van der Waals surface area contributed by atoms with E-state index in [1.807, 2.05) is 96.1 Å². The van der Waals surface area contributed by atoms with Gasteiger partial charge in [-0.15, -0.1) is 0 Å². The molecule has 2 bridgehead atoms. The van der Waals surface area contributed by atoms with Crippen LogP contribution in [0.4, 0.5) is 17.1 Å². The predicted molar refractivity (Wildman–Crippen MR) is 260 cm³/mol. The van der Waals surface area contributed by atoms with Crippen molar-refractivity contribution in [2.45, 2.75) is 53.4 Å². The zero-order valence-corrected chi connectivity index (χ0v) is 38.9. The SMILES string of the molecule is CCN(CC)C(=O)c1cccc(C(=O)Nc2ccc3c(c2)C2c4cc(NC(=O)c5cccc(C(=O)N(CC)CC)n5)ccc4C3c3ccc(NC(=O)c4cccc(C(=O)N(CC)CC)n4)cc32)n1. The van der Waals surface area contributed by atoms with E-state index in [9.17, 15) is 28.8 Å². The first-order chi connectivity index (χ1) is 32.9. The minimum atomic E-state index is -0.483. The number of amides is 6. The molecule has 0 radical (unpaired) electrons. The summed E-state index contributed by atoms with van der Waals surface area (Å²) in [6, 6.07) is 31.8. The Balaban J connectivity index is 1.13. The van der Waals surface area contributed by atoms with Gasteiger partial charge in [-0.2, -0.15) is 0 Å². The molecule has 3 aliphatic carbocycles. The number of carbonyl (C=O) groups excluding carboxylic acids is 6. The zero-order chi connectivity index (χ0) is 48.2. The smallest absolute Gasteiger partial charge is 0.274 e. The van der Waals surface area contributed by atoms with Crippen molar-refractivity contribution in [3.8, 4) is 0 Å². The molecule has 6 aromatic rings. The number of aromatic nitrogens is 3. The molecule has 3 heterocycles. The summed E-state index contributed by atoms with van der Waals surface area (Å²) < 4.78 is 0. The lowest BCUT2D eigenvalue weighted by molar-refractivity contribution is 0.0758. The Morgan fingerprint density at radius 1 is 0.368 bits per heavy atom. The molecule has 0 saturated carbocycles. The Morgan fingerprint density at radius 3 is 0.882 bits per heavy atom. The molecule has 0 fully saturated rings. The summed E-state index contributed by atoms with van der Waals surface area (Å²) in [5.41, 5.74) is 8.16. The van der Waals surface area contributed by atoms with Crippen LogP contribution in [0.3, 0.4) is 0 Å². The fourth-order valence-electron chi connectivity index (χ4n) is 9.15. The van der Waals surface area contributed by atoms with E-state index in [4.69, 9.17) is 0 Å². The molecule has 0 saturated heterocycles. The Kier molecular flexibility index (Phi) is 13.5. The van der Waals surface area contributed by atoms with Crippen molar-refractivity contribution < 1.29 is 28.8 Å². The molecule has 15 heteroatoms. The maximum atomic E-state index is 13.8. The van der Waals surface area contributed by atoms with Gasteiger partial charge in [0, 0.05) is 68.2 Å². The van der Waals surface area contributed by atoms with Crippen molar-refractivity contribution in [1.82, 2.24) is 29.7 Å². The fourth-order valence-corrected chi connectivity index (χ4v) is 9.15. The number of nitrogens with zero attached hydrogens (tertiary/aromatic N) is 6. The highest BCUT2D eigenvalue weighted by Gasteiger charge is 2.42. The first-order valence-electron chi connectivity index (χ1n) is 23.1. The van der Waals surface area contributed by atoms with E-state index in [2.05, 4.69) is 30.9 Å². The van der Waals surface area contributed by atoms with Crippen molar-refractivity contribution in [1.29, 1.82) is 0 Å². The van der Waals surface area contributed by atoms with Gasteiger partial charge < -0.3 is 30.7 Å². The molecule has 0 unspecified atom stereocenters. The normalized spacial score (nSPS) is 13.9. The number of nitrogens with one attached hydrogen (secondary N) is 3. The lowest BCUT2D eigenvalue weighted by Crippen LogP contribution is -2.31. The summed E-state index contributed by atoms with van der Waals surface area (Å²) in [7, 11) is 0. The summed E-state index contributed by atoms with van der Waals surface area (Å²) in [6.07, 6.45) is 0. The van der Waals surface area contributed by atoms with Crippen molar-refractivity contribution in [3.05, 3.63) is 177 Å². The van der Waals surface area contributed by atoms with Crippen molar-refractivity contribution in [2.75, 3.05) is 55.2 Å². The number of anilines is 3. The number of rotatable bonds is 15.